The predicted molar refractivity (Wildman–Crippen MR) is 87.7 cm³/mol. The number of hydrogen-bond acceptors (Lipinski definition) is 4. The van der Waals surface area contributed by atoms with Gasteiger partial charge >= 0.3 is 6.03 Å². The molecular weight excluding hydrogens is 306 g/mol. The van der Waals surface area contributed by atoms with Crippen molar-refractivity contribution in [3.8, 4) is 0 Å². The summed E-state index contributed by atoms with van der Waals surface area (Å²) in [6.07, 6.45) is 6.45. The number of nitrogens with zero attached hydrogens (tertiary/aromatic N) is 4. The van der Waals surface area contributed by atoms with E-state index in [1.165, 1.54) is 12.8 Å². The van der Waals surface area contributed by atoms with Crippen molar-refractivity contribution in [1.82, 2.24) is 19.5 Å². The highest BCUT2D eigenvalue weighted by atomic mass is 16.5. The number of pyridine rings is 1. The van der Waals surface area contributed by atoms with Crippen molar-refractivity contribution in [3.63, 3.8) is 0 Å². The molecule has 0 radical (unpaired) electrons. The van der Waals surface area contributed by atoms with Gasteiger partial charge in [-0.05, 0) is 43.7 Å². The first-order valence-corrected chi connectivity index (χ1v) is 8.72. The molecule has 2 saturated heterocycles. The lowest BCUT2D eigenvalue weighted by Crippen LogP contribution is -2.69. The van der Waals surface area contributed by atoms with Crippen LogP contribution in [0.15, 0.2) is 24.4 Å². The molecule has 5 rings (SSSR count). The van der Waals surface area contributed by atoms with Crippen LogP contribution in [0, 0.1) is 11.3 Å². The Hall–Kier alpha value is -2.15. The fraction of sp³-hybridized carbons (Fsp3) is 0.588. The SMILES string of the molecule is O=C(Nc1nc2ccccn2n1)N1CC2(CCOCC2)C1C1CC1. The summed E-state index contributed by atoms with van der Waals surface area (Å²) in [5.74, 6) is 1.03. The number of anilines is 1. The van der Waals surface area contributed by atoms with Gasteiger partial charge in [-0.2, -0.15) is 4.98 Å². The van der Waals surface area contributed by atoms with E-state index in [1.54, 1.807) is 4.52 Å². The predicted octanol–water partition coefficient (Wildman–Crippen LogP) is 2.15. The smallest absolute Gasteiger partial charge is 0.324 e. The van der Waals surface area contributed by atoms with Crippen molar-refractivity contribution in [2.45, 2.75) is 31.7 Å². The third-order valence-electron chi connectivity index (χ3n) is 5.73. The maximum atomic E-state index is 12.7. The minimum Gasteiger partial charge on any atom is -0.381 e. The van der Waals surface area contributed by atoms with Crippen molar-refractivity contribution in [2.75, 3.05) is 25.1 Å². The van der Waals surface area contributed by atoms with Crippen molar-refractivity contribution >= 4 is 17.6 Å². The standard InChI is InChI=1S/C17H21N5O2/c23-16(19-15-18-13-3-1-2-8-22(13)20-15)21-11-17(6-9-24-10-7-17)14(21)12-4-5-12/h1-3,8,12,14H,4-7,9-11H2,(H,19,20,23). The van der Waals surface area contributed by atoms with Crippen LogP contribution in [0.25, 0.3) is 5.65 Å². The normalized spacial score (nSPS) is 25.7. The summed E-state index contributed by atoms with van der Waals surface area (Å²) in [7, 11) is 0. The number of fused-ring (bicyclic) bond motifs is 1. The molecule has 0 bridgehead atoms. The average molecular weight is 327 g/mol. The molecule has 2 aromatic heterocycles. The highest BCUT2D eigenvalue weighted by Crippen LogP contribution is 2.54. The molecule has 1 atom stereocenters. The number of likely N-dealkylation sites (tertiary alicyclic amines) is 1. The lowest BCUT2D eigenvalue weighted by Gasteiger charge is -2.59. The number of urea groups is 1. The van der Waals surface area contributed by atoms with Crippen molar-refractivity contribution in [2.24, 2.45) is 11.3 Å². The Labute approximate surface area is 140 Å². The Morgan fingerprint density at radius 2 is 2.12 bits per heavy atom. The highest BCUT2D eigenvalue weighted by molar-refractivity contribution is 5.88. The number of ether oxygens (including phenoxy) is 1. The number of rotatable bonds is 2. The summed E-state index contributed by atoms with van der Waals surface area (Å²) in [6.45, 7) is 2.48. The Bertz CT molecular complexity index is 745. The minimum atomic E-state index is -0.0695. The van der Waals surface area contributed by atoms with Crippen LogP contribution >= 0.6 is 0 Å². The van der Waals surface area contributed by atoms with Crippen molar-refractivity contribution in [1.29, 1.82) is 0 Å². The summed E-state index contributed by atoms with van der Waals surface area (Å²) in [5, 5.41) is 7.19. The molecule has 2 aliphatic heterocycles. The summed E-state index contributed by atoms with van der Waals surface area (Å²) >= 11 is 0. The van der Waals surface area contributed by atoms with Crippen LogP contribution in [0.4, 0.5) is 10.7 Å². The highest BCUT2D eigenvalue weighted by Gasteiger charge is 2.59. The summed E-state index contributed by atoms with van der Waals surface area (Å²) in [6, 6.07) is 5.96. The van der Waals surface area contributed by atoms with E-state index < -0.39 is 0 Å². The lowest BCUT2D eigenvalue weighted by atomic mass is 9.64. The molecule has 1 saturated carbocycles. The average Bonchev–Trinajstić information content (AvgIpc) is 3.31. The van der Waals surface area contributed by atoms with E-state index in [2.05, 4.69) is 15.4 Å². The largest absolute Gasteiger partial charge is 0.381 e. The van der Waals surface area contributed by atoms with Gasteiger partial charge < -0.3 is 9.64 Å². The van der Waals surface area contributed by atoms with Gasteiger partial charge in [0, 0.05) is 37.4 Å². The van der Waals surface area contributed by atoms with E-state index in [1.807, 2.05) is 29.3 Å². The van der Waals surface area contributed by atoms with Crippen molar-refractivity contribution < 1.29 is 9.53 Å². The first-order valence-electron chi connectivity index (χ1n) is 8.72. The van der Waals surface area contributed by atoms with Gasteiger partial charge in [0.25, 0.3) is 5.95 Å². The van der Waals surface area contributed by atoms with E-state index >= 15 is 0 Å². The Morgan fingerprint density at radius 3 is 2.88 bits per heavy atom. The van der Waals surface area contributed by atoms with Crippen molar-refractivity contribution in [3.05, 3.63) is 24.4 Å². The number of nitrogens with one attached hydrogen (secondary N) is 1. The molecule has 1 N–H and O–H groups in total. The van der Waals surface area contributed by atoms with Crippen LogP contribution in [-0.2, 0) is 4.74 Å². The fourth-order valence-corrected chi connectivity index (χ4v) is 4.40. The number of carbonyl (C=O) groups is 1. The topological polar surface area (TPSA) is 71.8 Å². The van der Waals surface area contributed by atoms with Crippen LogP contribution in [0.3, 0.4) is 0 Å². The van der Waals surface area contributed by atoms with Gasteiger partial charge in [0.15, 0.2) is 5.65 Å². The molecule has 2 aromatic rings. The maximum absolute atomic E-state index is 12.7. The molecule has 2 amide bonds. The molecule has 1 spiro atoms. The Balaban J connectivity index is 1.33. The molecule has 0 aromatic carbocycles. The van der Waals surface area contributed by atoms with Crippen LogP contribution in [0.5, 0.6) is 0 Å². The first kappa shape index (κ1) is 14.2. The van der Waals surface area contributed by atoms with Gasteiger partial charge in [-0.25, -0.2) is 9.31 Å². The molecule has 1 unspecified atom stereocenters. The van der Waals surface area contributed by atoms with E-state index in [-0.39, 0.29) is 11.4 Å². The third-order valence-corrected chi connectivity index (χ3v) is 5.73. The molecule has 126 valence electrons. The van der Waals surface area contributed by atoms with Crippen LogP contribution in [0.2, 0.25) is 0 Å². The summed E-state index contributed by atoms with van der Waals surface area (Å²) < 4.78 is 7.20. The fourth-order valence-electron chi connectivity index (χ4n) is 4.40. The number of carbonyl (C=O) groups excluding carboxylic acids is 1. The van der Waals surface area contributed by atoms with Gasteiger partial charge in [0.2, 0.25) is 0 Å². The quantitative estimate of drug-likeness (QED) is 0.917. The maximum Gasteiger partial charge on any atom is 0.324 e. The second kappa shape index (κ2) is 5.17. The molecule has 3 aliphatic rings. The van der Waals surface area contributed by atoms with Gasteiger partial charge in [0.1, 0.15) is 0 Å². The van der Waals surface area contributed by atoms with Crippen LogP contribution in [0.1, 0.15) is 25.7 Å². The second-order valence-corrected chi connectivity index (χ2v) is 7.25. The molecule has 4 heterocycles. The molecule has 7 nitrogen and oxygen atoms in total. The Kier molecular flexibility index (Phi) is 3.06. The minimum absolute atomic E-state index is 0.0695. The number of amides is 2. The zero-order chi connectivity index (χ0) is 16.1. The lowest BCUT2D eigenvalue weighted by molar-refractivity contribution is -0.115. The number of aromatic nitrogens is 3. The monoisotopic (exact) mass is 327 g/mol. The molecular formula is C17H21N5O2. The molecule has 24 heavy (non-hydrogen) atoms. The zero-order valence-corrected chi connectivity index (χ0v) is 13.5. The van der Waals surface area contributed by atoms with E-state index in [0.29, 0.717) is 17.9 Å². The van der Waals surface area contributed by atoms with Gasteiger partial charge in [-0.1, -0.05) is 6.07 Å². The number of hydrogen-bond donors (Lipinski definition) is 1. The van der Waals surface area contributed by atoms with E-state index in [0.717, 1.165) is 38.2 Å². The van der Waals surface area contributed by atoms with Gasteiger partial charge in [-0.15, -0.1) is 5.10 Å². The third kappa shape index (κ3) is 2.18. The first-order chi connectivity index (χ1) is 11.8. The summed E-state index contributed by atoms with van der Waals surface area (Å²) in [4.78, 5) is 19.1. The second-order valence-electron chi connectivity index (χ2n) is 7.25. The van der Waals surface area contributed by atoms with Crippen LogP contribution in [-0.4, -0.2) is 51.3 Å². The van der Waals surface area contributed by atoms with E-state index in [9.17, 15) is 4.79 Å². The van der Waals surface area contributed by atoms with E-state index in [4.69, 9.17) is 4.74 Å². The zero-order valence-electron chi connectivity index (χ0n) is 13.5. The Morgan fingerprint density at radius 1 is 1.29 bits per heavy atom. The molecule has 3 fully saturated rings. The molecule has 7 heteroatoms. The summed E-state index contributed by atoms with van der Waals surface area (Å²) in [5.41, 5.74) is 1.01. The van der Waals surface area contributed by atoms with Crippen LogP contribution < -0.4 is 5.32 Å². The molecule has 1 aliphatic carbocycles. The van der Waals surface area contributed by atoms with Gasteiger partial charge in [-0.3, -0.25) is 5.32 Å². The van der Waals surface area contributed by atoms with Gasteiger partial charge in [0.05, 0.1) is 0 Å².